The predicted molar refractivity (Wildman–Crippen MR) is 109 cm³/mol. The molecule has 6 heteroatoms. The highest BCUT2D eigenvalue weighted by atomic mass is 35.5. The van der Waals surface area contributed by atoms with Gasteiger partial charge >= 0.3 is 11.6 Å². The van der Waals surface area contributed by atoms with Gasteiger partial charge in [0, 0.05) is 0 Å². The summed E-state index contributed by atoms with van der Waals surface area (Å²) in [5.41, 5.74) is 0.526. The van der Waals surface area contributed by atoms with Crippen LogP contribution in [0.3, 0.4) is 0 Å². The lowest BCUT2D eigenvalue weighted by Gasteiger charge is -2.12. The van der Waals surface area contributed by atoms with Crippen molar-refractivity contribution in [1.82, 2.24) is 0 Å². The van der Waals surface area contributed by atoms with Gasteiger partial charge in [0.1, 0.15) is 11.3 Å². The van der Waals surface area contributed by atoms with Crippen molar-refractivity contribution in [3.63, 3.8) is 0 Å². The summed E-state index contributed by atoms with van der Waals surface area (Å²) < 4.78 is 16.5. The third kappa shape index (κ3) is 4.20. The summed E-state index contributed by atoms with van der Waals surface area (Å²) in [6.07, 6.45) is 2.15. The van der Waals surface area contributed by atoms with Crippen LogP contribution in [0.2, 0.25) is 5.02 Å². The molecule has 5 nitrogen and oxygen atoms in total. The second-order valence-corrected chi connectivity index (χ2v) is 6.67. The van der Waals surface area contributed by atoms with Crippen LogP contribution in [0.15, 0.2) is 51.7 Å². The average molecular weight is 401 g/mol. The van der Waals surface area contributed by atoms with Crippen LogP contribution in [-0.2, 0) is 6.42 Å². The van der Waals surface area contributed by atoms with E-state index in [9.17, 15) is 9.59 Å². The number of rotatable bonds is 7. The maximum absolute atomic E-state index is 12.8. The number of ether oxygens (including phenoxy) is 2. The molecule has 1 aromatic heterocycles. The minimum Gasteiger partial charge on any atom is -0.492 e. The molecule has 3 rings (SSSR count). The van der Waals surface area contributed by atoms with Crippen LogP contribution in [0.25, 0.3) is 11.0 Å². The normalized spacial score (nSPS) is 10.8. The van der Waals surface area contributed by atoms with E-state index in [1.807, 2.05) is 13.8 Å². The molecule has 3 aromatic rings. The number of carbonyl (C=O) groups excluding carboxylic acids is 1. The van der Waals surface area contributed by atoms with E-state index in [0.717, 1.165) is 12.8 Å². The van der Waals surface area contributed by atoms with Crippen molar-refractivity contribution in [2.24, 2.45) is 0 Å². The summed E-state index contributed by atoms with van der Waals surface area (Å²) in [7, 11) is 0. The van der Waals surface area contributed by atoms with Gasteiger partial charge in [0.15, 0.2) is 5.75 Å². The third-order valence-electron chi connectivity index (χ3n) is 4.30. The SMILES string of the molecule is CCCCc1c(OC(=O)c2ccc(OCC)c(Cl)c2)c2ccccc2oc1=O. The van der Waals surface area contributed by atoms with E-state index >= 15 is 0 Å². The fraction of sp³-hybridized carbons (Fsp3) is 0.273. The number of benzene rings is 2. The smallest absolute Gasteiger partial charge is 0.343 e. The van der Waals surface area contributed by atoms with Crippen LogP contribution in [0.5, 0.6) is 11.5 Å². The van der Waals surface area contributed by atoms with Gasteiger partial charge in [-0.2, -0.15) is 0 Å². The molecule has 28 heavy (non-hydrogen) atoms. The Morgan fingerprint density at radius 1 is 1.14 bits per heavy atom. The molecular formula is C22H21ClO5. The first-order valence-electron chi connectivity index (χ1n) is 9.24. The Bertz CT molecular complexity index is 1050. The van der Waals surface area contributed by atoms with E-state index in [1.54, 1.807) is 36.4 Å². The molecule has 146 valence electrons. The molecule has 0 aliphatic carbocycles. The molecule has 0 bridgehead atoms. The molecule has 0 radical (unpaired) electrons. The minimum absolute atomic E-state index is 0.246. The molecule has 0 spiro atoms. The molecular weight excluding hydrogens is 380 g/mol. The van der Waals surface area contributed by atoms with Gasteiger partial charge in [-0.1, -0.05) is 37.1 Å². The predicted octanol–water partition coefficient (Wildman–Crippen LogP) is 5.41. The summed E-state index contributed by atoms with van der Waals surface area (Å²) in [5.74, 6) is 0.143. The van der Waals surface area contributed by atoms with Crippen molar-refractivity contribution in [2.45, 2.75) is 33.1 Å². The van der Waals surface area contributed by atoms with Gasteiger partial charge < -0.3 is 13.9 Å². The van der Waals surface area contributed by atoms with Crippen LogP contribution < -0.4 is 15.1 Å². The average Bonchev–Trinajstić information content (AvgIpc) is 2.69. The zero-order valence-electron chi connectivity index (χ0n) is 15.8. The first-order valence-corrected chi connectivity index (χ1v) is 9.62. The van der Waals surface area contributed by atoms with Crippen molar-refractivity contribution in [3.8, 4) is 11.5 Å². The first-order chi connectivity index (χ1) is 13.5. The van der Waals surface area contributed by atoms with Crippen molar-refractivity contribution in [2.75, 3.05) is 6.61 Å². The van der Waals surface area contributed by atoms with Crippen LogP contribution in [0, 0.1) is 0 Å². The van der Waals surface area contributed by atoms with Crippen LogP contribution in [-0.4, -0.2) is 12.6 Å². The summed E-state index contributed by atoms with van der Waals surface area (Å²) in [6, 6.07) is 11.7. The molecule has 0 aliphatic heterocycles. The zero-order valence-corrected chi connectivity index (χ0v) is 16.5. The van der Waals surface area contributed by atoms with Crippen molar-refractivity contribution in [1.29, 1.82) is 0 Å². The second kappa shape index (κ2) is 8.93. The Kier molecular flexibility index (Phi) is 6.37. The highest BCUT2D eigenvalue weighted by molar-refractivity contribution is 6.32. The van der Waals surface area contributed by atoms with Crippen LogP contribution in [0.1, 0.15) is 42.6 Å². The molecule has 0 aliphatic rings. The van der Waals surface area contributed by atoms with Gasteiger partial charge in [-0.15, -0.1) is 0 Å². The molecule has 2 aromatic carbocycles. The summed E-state index contributed by atoms with van der Waals surface area (Å²) in [4.78, 5) is 25.2. The van der Waals surface area contributed by atoms with Gasteiger partial charge in [0.25, 0.3) is 0 Å². The number of hydrogen-bond acceptors (Lipinski definition) is 5. The number of hydrogen-bond donors (Lipinski definition) is 0. The Morgan fingerprint density at radius 3 is 2.64 bits per heavy atom. The largest absolute Gasteiger partial charge is 0.492 e. The van der Waals surface area contributed by atoms with Crippen LogP contribution in [0.4, 0.5) is 0 Å². The Morgan fingerprint density at radius 2 is 1.93 bits per heavy atom. The zero-order chi connectivity index (χ0) is 20.1. The van der Waals surface area contributed by atoms with Gasteiger partial charge in [0.2, 0.25) is 0 Å². The van der Waals surface area contributed by atoms with Gasteiger partial charge in [-0.3, -0.25) is 0 Å². The topological polar surface area (TPSA) is 65.7 Å². The Hall–Kier alpha value is -2.79. The fourth-order valence-corrected chi connectivity index (χ4v) is 3.13. The summed E-state index contributed by atoms with van der Waals surface area (Å²) in [5, 5.41) is 0.901. The molecule has 0 saturated carbocycles. The number of fused-ring (bicyclic) bond motifs is 1. The molecule has 1 heterocycles. The lowest BCUT2D eigenvalue weighted by atomic mass is 10.1. The Balaban J connectivity index is 2.01. The van der Waals surface area contributed by atoms with Gasteiger partial charge in [-0.05, 0) is 50.1 Å². The molecule has 0 unspecified atom stereocenters. The summed E-state index contributed by atoms with van der Waals surface area (Å²) >= 11 is 6.18. The van der Waals surface area contributed by atoms with Gasteiger partial charge in [0.05, 0.1) is 28.1 Å². The molecule has 0 atom stereocenters. The van der Waals surface area contributed by atoms with Gasteiger partial charge in [-0.25, -0.2) is 9.59 Å². The Labute approximate surface area is 167 Å². The lowest BCUT2D eigenvalue weighted by molar-refractivity contribution is 0.0734. The fourth-order valence-electron chi connectivity index (χ4n) is 2.90. The monoisotopic (exact) mass is 400 g/mol. The second-order valence-electron chi connectivity index (χ2n) is 6.26. The minimum atomic E-state index is -0.599. The maximum atomic E-state index is 12.8. The number of carbonyl (C=O) groups is 1. The van der Waals surface area contributed by atoms with Crippen LogP contribution >= 0.6 is 11.6 Å². The third-order valence-corrected chi connectivity index (χ3v) is 4.59. The van der Waals surface area contributed by atoms with E-state index in [2.05, 4.69) is 0 Å². The van der Waals surface area contributed by atoms with Crippen molar-refractivity contribution < 1.29 is 18.7 Å². The van der Waals surface area contributed by atoms with Crippen molar-refractivity contribution in [3.05, 3.63) is 69.0 Å². The van der Waals surface area contributed by atoms with Crippen molar-refractivity contribution >= 4 is 28.5 Å². The number of esters is 1. The highest BCUT2D eigenvalue weighted by Gasteiger charge is 2.20. The number of para-hydroxylation sites is 1. The van der Waals surface area contributed by atoms with E-state index < -0.39 is 11.6 Å². The van der Waals surface area contributed by atoms with E-state index in [4.69, 9.17) is 25.5 Å². The quantitative estimate of drug-likeness (QED) is 0.392. The summed E-state index contributed by atoms with van der Waals surface area (Å²) in [6.45, 7) is 4.34. The maximum Gasteiger partial charge on any atom is 0.343 e. The number of halogens is 1. The van der Waals surface area contributed by atoms with E-state index in [1.165, 1.54) is 6.07 Å². The van der Waals surface area contributed by atoms with E-state index in [0.29, 0.717) is 40.3 Å². The first kappa shape index (κ1) is 20.0. The molecule has 0 fully saturated rings. The standard InChI is InChI=1S/C22H21ClO5/c1-3-5-8-16-20(15-9-6-7-10-18(15)27-22(16)25)28-21(24)14-11-12-19(26-4-2)17(23)13-14/h6-7,9-13H,3-5,8H2,1-2H3. The molecule has 0 N–H and O–H groups in total. The lowest BCUT2D eigenvalue weighted by Crippen LogP contribution is -2.15. The van der Waals surface area contributed by atoms with E-state index in [-0.39, 0.29) is 11.3 Å². The molecule has 0 saturated heterocycles. The highest BCUT2D eigenvalue weighted by Crippen LogP contribution is 2.30. The molecule has 0 amide bonds. The number of unbranched alkanes of at least 4 members (excludes halogenated alkanes) is 1.